The van der Waals surface area contributed by atoms with Gasteiger partial charge in [-0.2, -0.15) is 13.2 Å². The summed E-state index contributed by atoms with van der Waals surface area (Å²) in [7, 11) is 0. The van der Waals surface area contributed by atoms with Crippen molar-refractivity contribution in [2.75, 3.05) is 0 Å². The van der Waals surface area contributed by atoms with Crippen LogP contribution < -0.4 is 5.73 Å². The fourth-order valence-electron chi connectivity index (χ4n) is 0.895. The van der Waals surface area contributed by atoms with Crippen LogP contribution in [0.4, 0.5) is 13.2 Å². The van der Waals surface area contributed by atoms with Gasteiger partial charge < -0.3 is 5.73 Å². The lowest BCUT2D eigenvalue weighted by Crippen LogP contribution is -2.28. The monoisotopic (exact) mass is 323 g/mol. The van der Waals surface area contributed by atoms with E-state index in [9.17, 15) is 13.2 Å². The van der Waals surface area contributed by atoms with E-state index in [1.54, 1.807) is 0 Å². The highest BCUT2D eigenvalue weighted by Crippen LogP contribution is 2.33. The van der Waals surface area contributed by atoms with Gasteiger partial charge in [-0.25, -0.2) is 0 Å². The van der Waals surface area contributed by atoms with Gasteiger partial charge in [-0.3, -0.25) is 0 Å². The number of hydrogen-bond acceptors (Lipinski definition) is 1. The summed E-state index contributed by atoms with van der Waals surface area (Å²) in [5, 5.41) is 0.350. The molecule has 0 aliphatic heterocycles. The highest BCUT2D eigenvalue weighted by atomic mass is 79.9. The van der Waals surface area contributed by atoms with Gasteiger partial charge in [-0.05, 0) is 33.6 Å². The van der Waals surface area contributed by atoms with Crippen molar-refractivity contribution in [3.05, 3.63) is 33.3 Å². The lowest BCUT2D eigenvalue weighted by atomic mass is 10.1. The third-order valence-corrected chi connectivity index (χ3v) is 2.87. The molecule has 0 saturated carbocycles. The minimum absolute atomic E-state index is 0. The van der Waals surface area contributed by atoms with Crippen LogP contribution in [0.15, 0.2) is 22.7 Å². The van der Waals surface area contributed by atoms with E-state index in [0.717, 1.165) is 0 Å². The molecule has 86 valence electrons. The Hall–Kier alpha value is 0.0300. The molecule has 7 heteroatoms. The second kappa shape index (κ2) is 5.39. The zero-order chi connectivity index (χ0) is 10.9. The SMILES string of the molecule is Cl.N[C@@H](c1ccc(Cl)c(Br)c1)C(F)(F)F. The van der Waals surface area contributed by atoms with Gasteiger partial charge in [-0.1, -0.05) is 17.7 Å². The summed E-state index contributed by atoms with van der Waals surface area (Å²) in [5.41, 5.74) is 4.98. The molecule has 0 aliphatic carbocycles. The number of rotatable bonds is 1. The molecule has 0 bridgehead atoms. The first-order valence-corrected chi connectivity index (χ1v) is 4.76. The molecule has 0 heterocycles. The lowest BCUT2D eigenvalue weighted by molar-refractivity contribution is -0.149. The first kappa shape index (κ1) is 15.0. The summed E-state index contributed by atoms with van der Waals surface area (Å²) in [6.07, 6.45) is -4.44. The second-order valence-corrected chi connectivity index (χ2v) is 3.95. The van der Waals surface area contributed by atoms with E-state index >= 15 is 0 Å². The van der Waals surface area contributed by atoms with E-state index in [4.69, 9.17) is 17.3 Å². The molecule has 0 radical (unpaired) electrons. The molecule has 15 heavy (non-hydrogen) atoms. The third-order valence-electron chi connectivity index (χ3n) is 1.66. The lowest BCUT2D eigenvalue weighted by Gasteiger charge is -2.16. The molecule has 0 spiro atoms. The molecule has 0 aromatic heterocycles. The Kier molecular flexibility index (Phi) is 5.40. The van der Waals surface area contributed by atoms with Crippen molar-refractivity contribution in [3.63, 3.8) is 0 Å². The Morgan fingerprint density at radius 3 is 2.27 bits per heavy atom. The van der Waals surface area contributed by atoms with Crippen LogP contribution in [0.3, 0.4) is 0 Å². The number of halogens is 6. The summed E-state index contributed by atoms with van der Waals surface area (Å²) in [6.45, 7) is 0. The predicted octanol–water partition coefficient (Wildman–Crippen LogP) is 4.09. The topological polar surface area (TPSA) is 26.0 Å². The molecule has 0 aliphatic rings. The van der Waals surface area contributed by atoms with Gasteiger partial charge in [0.25, 0.3) is 0 Å². The zero-order valence-corrected chi connectivity index (χ0v) is 10.3. The Balaban J connectivity index is 0.00000196. The summed E-state index contributed by atoms with van der Waals surface area (Å²) >= 11 is 8.66. The van der Waals surface area contributed by atoms with Crippen molar-refractivity contribution in [2.24, 2.45) is 5.73 Å². The van der Waals surface area contributed by atoms with Gasteiger partial charge in [0.15, 0.2) is 0 Å². The second-order valence-electron chi connectivity index (χ2n) is 2.69. The van der Waals surface area contributed by atoms with Crippen LogP contribution in [0.25, 0.3) is 0 Å². The van der Waals surface area contributed by atoms with Gasteiger partial charge in [-0.15, -0.1) is 12.4 Å². The minimum Gasteiger partial charge on any atom is -0.316 e. The van der Waals surface area contributed by atoms with E-state index in [2.05, 4.69) is 15.9 Å². The van der Waals surface area contributed by atoms with Gasteiger partial charge in [0.05, 0.1) is 5.02 Å². The van der Waals surface area contributed by atoms with Crippen LogP contribution in [-0.2, 0) is 0 Å². The molecular weight excluding hydrogens is 318 g/mol. The summed E-state index contributed by atoms with van der Waals surface area (Å²) in [6, 6.07) is 1.91. The molecule has 0 amide bonds. The number of hydrogen-bond donors (Lipinski definition) is 1. The maximum Gasteiger partial charge on any atom is 0.407 e. The van der Waals surface area contributed by atoms with Gasteiger partial charge in [0.1, 0.15) is 6.04 Å². The normalized spacial score (nSPS) is 13.2. The van der Waals surface area contributed by atoms with Crippen molar-refractivity contribution in [1.29, 1.82) is 0 Å². The van der Waals surface area contributed by atoms with Gasteiger partial charge in [0.2, 0.25) is 0 Å². The van der Waals surface area contributed by atoms with Crippen molar-refractivity contribution < 1.29 is 13.2 Å². The molecular formula is C8H7BrCl2F3N. The number of alkyl halides is 3. The van der Waals surface area contributed by atoms with Crippen LogP contribution in [-0.4, -0.2) is 6.18 Å². The Morgan fingerprint density at radius 1 is 1.33 bits per heavy atom. The van der Waals surface area contributed by atoms with Crippen molar-refractivity contribution >= 4 is 39.9 Å². The van der Waals surface area contributed by atoms with Crippen LogP contribution in [0.5, 0.6) is 0 Å². The summed E-state index contributed by atoms with van der Waals surface area (Å²) in [5.74, 6) is 0. The molecule has 1 aromatic carbocycles. The van der Waals surface area contributed by atoms with Gasteiger partial charge >= 0.3 is 6.18 Å². The first-order valence-electron chi connectivity index (χ1n) is 3.59. The standard InChI is InChI=1S/C8H6BrClF3N.ClH/c9-5-3-4(1-2-6(5)10)7(14)8(11,12)13;/h1-3,7H,14H2;1H/t7-;/m0./s1. The largest absolute Gasteiger partial charge is 0.407 e. The number of benzene rings is 1. The Morgan fingerprint density at radius 2 is 1.87 bits per heavy atom. The summed E-state index contributed by atoms with van der Waals surface area (Å²) < 4.78 is 37.0. The molecule has 1 nitrogen and oxygen atoms in total. The molecule has 0 saturated heterocycles. The van der Waals surface area contributed by atoms with Crippen molar-refractivity contribution in [1.82, 2.24) is 0 Å². The van der Waals surface area contributed by atoms with E-state index in [1.807, 2.05) is 0 Å². The predicted molar refractivity (Wildman–Crippen MR) is 59.4 cm³/mol. The zero-order valence-electron chi connectivity index (χ0n) is 7.18. The van der Waals surface area contributed by atoms with E-state index in [-0.39, 0.29) is 18.0 Å². The van der Waals surface area contributed by atoms with Crippen LogP contribution in [0.1, 0.15) is 11.6 Å². The van der Waals surface area contributed by atoms with E-state index < -0.39 is 12.2 Å². The van der Waals surface area contributed by atoms with Crippen LogP contribution >= 0.6 is 39.9 Å². The first-order chi connectivity index (χ1) is 6.32. The third kappa shape index (κ3) is 3.83. The average molecular weight is 325 g/mol. The van der Waals surface area contributed by atoms with E-state index in [0.29, 0.717) is 9.50 Å². The molecule has 0 unspecified atom stereocenters. The number of nitrogens with two attached hydrogens (primary N) is 1. The molecule has 1 atom stereocenters. The molecule has 1 aromatic rings. The summed E-state index contributed by atoms with van der Waals surface area (Å²) in [4.78, 5) is 0. The molecule has 0 fully saturated rings. The quantitative estimate of drug-likeness (QED) is 0.827. The fraction of sp³-hybridized carbons (Fsp3) is 0.250. The maximum absolute atomic E-state index is 12.2. The van der Waals surface area contributed by atoms with Crippen molar-refractivity contribution in [2.45, 2.75) is 12.2 Å². The van der Waals surface area contributed by atoms with E-state index in [1.165, 1.54) is 18.2 Å². The fourth-order valence-corrected chi connectivity index (χ4v) is 1.41. The molecule has 1 rings (SSSR count). The molecule has 2 N–H and O–H groups in total. The highest BCUT2D eigenvalue weighted by Gasteiger charge is 2.37. The Bertz CT molecular complexity index is 343. The minimum atomic E-state index is -4.44. The van der Waals surface area contributed by atoms with Gasteiger partial charge in [0, 0.05) is 4.47 Å². The van der Waals surface area contributed by atoms with Crippen LogP contribution in [0, 0.1) is 0 Å². The van der Waals surface area contributed by atoms with Crippen LogP contribution in [0.2, 0.25) is 5.02 Å². The maximum atomic E-state index is 12.2. The smallest absolute Gasteiger partial charge is 0.316 e. The Labute approximate surface area is 104 Å². The average Bonchev–Trinajstić information content (AvgIpc) is 2.07. The highest BCUT2D eigenvalue weighted by molar-refractivity contribution is 9.10. The van der Waals surface area contributed by atoms with Crippen molar-refractivity contribution in [3.8, 4) is 0 Å².